The van der Waals surface area contributed by atoms with Crippen LogP contribution in [0, 0.1) is 0 Å². The van der Waals surface area contributed by atoms with Gasteiger partial charge in [0.15, 0.2) is 4.87 Å². The zero-order chi connectivity index (χ0) is 19.0. The number of hydrogen-bond donors (Lipinski definition) is 2. The fraction of sp³-hybridized carbons (Fsp3) is 0.250. The number of carboxylic acids is 1. The van der Waals surface area contributed by atoms with E-state index < -0.39 is 10.8 Å². The van der Waals surface area contributed by atoms with Crippen molar-refractivity contribution >= 4 is 40.9 Å². The molecule has 138 valence electrons. The van der Waals surface area contributed by atoms with Gasteiger partial charge < -0.3 is 10.4 Å². The van der Waals surface area contributed by atoms with E-state index >= 15 is 0 Å². The number of amides is 2. The minimum Gasteiger partial charge on any atom is -0.481 e. The number of carboxylic acid groups (broad SMARTS) is 1. The molecule has 4 rings (SSSR count). The molecule has 6 nitrogen and oxygen atoms in total. The standard InChI is InChI=1S/C20H18N2O4S/c23-17-11-12-20(22(17)15-3-1-2-4-16(15)27-20)19(26)21-14-8-5-13(6-9-14)7-10-18(24)25/h1-6,8-9H,7,10-12H2,(H,21,26)(H,24,25). The molecule has 7 heteroatoms. The fourth-order valence-electron chi connectivity index (χ4n) is 3.53. The molecule has 27 heavy (non-hydrogen) atoms. The van der Waals surface area contributed by atoms with Crippen molar-refractivity contribution in [2.24, 2.45) is 0 Å². The molecule has 2 amide bonds. The molecule has 2 aromatic rings. The van der Waals surface area contributed by atoms with Gasteiger partial charge in [0, 0.05) is 23.4 Å². The summed E-state index contributed by atoms with van der Waals surface area (Å²) in [6, 6.07) is 14.7. The molecule has 1 fully saturated rings. The quantitative estimate of drug-likeness (QED) is 0.829. The van der Waals surface area contributed by atoms with Gasteiger partial charge in [-0.05, 0) is 42.7 Å². The van der Waals surface area contributed by atoms with E-state index in [9.17, 15) is 14.4 Å². The van der Waals surface area contributed by atoms with Gasteiger partial charge >= 0.3 is 5.97 Å². The third-order valence-electron chi connectivity index (χ3n) is 4.87. The summed E-state index contributed by atoms with van der Waals surface area (Å²) in [6.45, 7) is 0. The number of carbonyl (C=O) groups excluding carboxylic acids is 2. The molecule has 0 spiro atoms. The third kappa shape index (κ3) is 3.08. The highest BCUT2D eigenvalue weighted by Gasteiger charge is 2.57. The summed E-state index contributed by atoms with van der Waals surface area (Å²) in [5.74, 6) is -1.09. The first-order valence-electron chi connectivity index (χ1n) is 8.73. The number of nitrogens with one attached hydrogen (secondary N) is 1. The zero-order valence-electron chi connectivity index (χ0n) is 14.5. The monoisotopic (exact) mass is 382 g/mol. The normalized spacial score (nSPS) is 20.3. The Balaban J connectivity index is 1.53. The summed E-state index contributed by atoms with van der Waals surface area (Å²) in [6.07, 6.45) is 1.33. The molecule has 1 atom stereocenters. The van der Waals surface area contributed by atoms with Crippen LogP contribution in [0.2, 0.25) is 0 Å². The van der Waals surface area contributed by atoms with Crippen molar-refractivity contribution in [3.05, 3.63) is 54.1 Å². The van der Waals surface area contributed by atoms with Gasteiger partial charge in [0.25, 0.3) is 5.91 Å². The van der Waals surface area contributed by atoms with Gasteiger partial charge in [-0.1, -0.05) is 36.0 Å². The number of thioether (sulfide) groups is 1. The first-order chi connectivity index (χ1) is 13.0. The molecule has 2 aromatic carbocycles. The molecule has 2 aliphatic rings. The van der Waals surface area contributed by atoms with E-state index in [0.717, 1.165) is 16.1 Å². The molecule has 0 aromatic heterocycles. The van der Waals surface area contributed by atoms with Crippen molar-refractivity contribution in [3.8, 4) is 0 Å². The van der Waals surface area contributed by atoms with E-state index in [1.165, 1.54) is 11.8 Å². The third-order valence-corrected chi connectivity index (χ3v) is 6.34. The Hall–Kier alpha value is -2.80. The summed E-state index contributed by atoms with van der Waals surface area (Å²) in [4.78, 5) is 37.9. The molecule has 0 bridgehead atoms. The number of benzene rings is 2. The largest absolute Gasteiger partial charge is 0.481 e. The van der Waals surface area contributed by atoms with Crippen molar-refractivity contribution < 1.29 is 19.5 Å². The van der Waals surface area contributed by atoms with Crippen LogP contribution in [0.25, 0.3) is 0 Å². The Kier molecular flexibility index (Phi) is 4.39. The van der Waals surface area contributed by atoms with Crippen molar-refractivity contribution in [1.82, 2.24) is 0 Å². The van der Waals surface area contributed by atoms with Crippen LogP contribution in [0.3, 0.4) is 0 Å². The van der Waals surface area contributed by atoms with E-state index in [1.54, 1.807) is 17.0 Å². The molecular weight excluding hydrogens is 364 g/mol. The van der Waals surface area contributed by atoms with Gasteiger partial charge in [-0.3, -0.25) is 19.3 Å². The van der Waals surface area contributed by atoms with Gasteiger partial charge in [-0.15, -0.1) is 0 Å². The van der Waals surface area contributed by atoms with Crippen LogP contribution < -0.4 is 10.2 Å². The van der Waals surface area contributed by atoms with E-state index in [-0.39, 0.29) is 18.2 Å². The Bertz CT molecular complexity index is 928. The van der Waals surface area contributed by atoms with Crippen molar-refractivity contribution in [2.75, 3.05) is 10.2 Å². The summed E-state index contributed by atoms with van der Waals surface area (Å²) in [5, 5.41) is 11.7. The number of anilines is 2. The van der Waals surface area contributed by atoms with E-state index in [2.05, 4.69) is 5.32 Å². The maximum atomic E-state index is 13.1. The molecule has 2 N–H and O–H groups in total. The number of nitrogens with zero attached hydrogens (tertiary/aromatic N) is 1. The maximum absolute atomic E-state index is 13.1. The molecular formula is C20H18N2O4S. The lowest BCUT2D eigenvalue weighted by atomic mass is 10.1. The van der Waals surface area contributed by atoms with E-state index in [0.29, 0.717) is 24.9 Å². The smallest absolute Gasteiger partial charge is 0.303 e. The number of carbonyl (C=O) groups is 3. The zero-order valence-corrected chi connectivity index (χ0v) is 15.3. The average molecular weight is 382 g/mol. The second-order valence-corrected chi connectivity index (χ2v) is 7.95. The SMILES string of the molecule is O=C(O)CCc1ccc(NC(=O)C23CCC(=O)N2c2ccccc2S3)cc1. The maximum Gasteiger partial charge on any atom is 0.303 e. The highest BCUT2D eigenvalue weighted by Crippen LogP contribution is 2.55. The lowest BCUT2D eigenvalue weighted by Gasteiger charge is -2.29. The molecule has 0 radical (unpaired) electrons. The molecule has 1 saturated heterocycles. The van der Waals surface area contributed by atoms with Gasteiger partial charge in [0.05, 0.1) is 5.69 Å². The van der Waals surface area contributed by atoms with E-state index in [4.69, 9.17) is 5.11 Å². The van der Waals surface area contributed by atoms with Crippen LogP contribution in [0.4, 0.5) is 11.4 Å². The number of para-hydroxylation sites is 1. The summed E-state index contributed by atoms with van der Waals surface area (Å²) in [5.41, 5.74) is 2.32. The lowest BCUT2D eigenvalue weighted by molar-refractivity contribution is -0.137. The van der Waals surface area contributed by atoms with Crippen LogP contribution in [0.15, 0.2) is 53.4 Å². The first-order valence-corrected chi connectivity index (χ1v) is 9.54. The van der Waals surface area contributed by atoms with Crippen LogP contribution in [0.1, 0.15) is 24.8 Å². The molecule has 0 aliphatic carbocycles. The minimum atomic E-state index is -0.942. The summed E-state index contributed by atoms with van der Waals surface area (Å²) >= 11 is 1.43. The Labute approximate surface area is 160 Å². The van der Waals surface area contributed by atoms with Gasteiger partial charge in [0.2, 0.25) is 5.91 Å². The number of aliphatic carboxylic acids is 1. The average Bonchev–Trinajstić information content (AvgIpc) is 3.17. The van der Waals surface area contributed by atoms with Crippen LogP contribution in [-0.4, -0.2) is 27.8 Å². The van der Waals surface area contributed by atoms with Gasteiger partial charge in [-0.25, -0.2) is 0 Å². The van der Waals surface area contributed by atoms with Gasteiger partial charge in [-0.2, -0.15) is 0 Å². The molecule has 2 heterocycles. The molecule has 1 unspecified atom stereocenters. The molecule has 0 saturated carbocycles. The minimum absolute atomic E-state index is 0.0355. The van der Waals surface area contributed by atoms with E-state index in [1.807, 2.05) is 36.4 Å². The number of hydrogen-bond acceptors (Lipinski definition) is 4. The van der Waals surface area contributed by atoms with Crippen LogP contribution >= 0.6 is 11.8 Å². The Morgan fingerprint density at radius 1 is 1.15 bits per heavy atom. The Morgan fingerprint density at radius 2 is 1.89 bits per heavy atom. The predicted molar refractivity (Wildman–Crippen MR) is 103 cm³/mol. The summed E-state index contributed by atoms with van der Waals surface area (Å²) < 4.78 is 0. The highest BCUT2D eigenvalue weighted by molar-refractivity contribution is 8.02. The number of rotatable bonds is 5. The molecule has 2 aliphatic heterocycles. The fourth-order valence-corrected chi connectivity index (χ4v) is 4.95. The number of aryl methyl sites for hydroxylation is 1. The first kappa shape index (κ1) is 17.6. The number of fused-ring (bicyclic) bond motifs is 3. The van der Waals surface area contributed by atoms with Crippen LogP contribution in [-0.2, 0) is 20.8 Å². The predicted octanol–water partition coefficient (Wildman–Crippen LogP) is 3.27. The van der Waals surface area contributed by atoms with Crippen molar-refractivity contribution in [3.63, 3.8) is 0 Å². The van der Waals surface area contributed by atoms with Crippen molar-refractivity contribution in [2.45, 2.75) is 35.4 Å². The lowest BCUT2D eigenvalue weighted by Crippen LogP contribution is -2.49. The van der Waals surface area contributed by atoms with Gasteiger partial charge in [0.1, 0.15) is 0 Å². The second-order valence-electron chi connectivity index (χ2n) is 6.63. The topological polar surface area (TPSA) is 86.7 Å². The second kappa shape index (κ2) is 6.74. The van der Waals surface area contributed by atoms with Crippen molar-refractivity contribution in [1.29, 1.82) is 0 Å². The van der Waals surface area contributed by atoms with Crippen LogP contribution in [0.5, 0.6) is 0 Å². The summed E-state index contributed by atoms with van der Waals surface area (Å²) in [7, 11) is 0. The highest BCUT2D eigenvalue weighted by atomic mass is 32.2. The Morgan fingerprint density at radius 3 is 2.63 bits per heavy atom.